The molecule has 2 nitrogen and oxygen atoms in total. The maximum absolute atomic E-state index is 5.82. The largest absolute Gasteiger partial charge is 0.466 e. The molecule has 3 heteroatoms. The Morgan fingerprint density at radius 3 is 2.88 bits per heavy atom. The second kappa shape index (κ2) is 6.57. The van der Waals surface area contributed by atoms with E-state index in [-0.39, 0.29) is 0 Å². The molecular formula is C21H30O2S. The smallest absolute Gasteiger partial charge is 0.188 e. The molecule has 2 fully saturated rings. The summed E-state index contributed by atoms with van der Waals surface area (Å²) in [6.45, 7) is 2.91. The van der Waals surface area contributed by atoms with Crippen molar-refractivity contribution in [1.82, 2.24) is 0 Å². The van der Waals surface area contributed by atoms with Crippen molar-refractivity contribution in [2.45, 2.75) is 62.7 Å². The highest BCUT2D eigenvalue weighted by Gasteiger charge is 2.50. The number of benzene rings is 1. The predicted octanol–water partition coefficient (Wildman–Crippen LogP) is 5.64. The van der Waals surface area contributed by atoms with Gasteiger partial charge in [0.15, 0.2) is 6.79 Å². The van der Waals surface area contributed by atoms with Crippen LogP contribution in [0.5, 0.6) is 5.75 Å². The van der Waals surface area contributed by atoms with E-state index < -0.39 is 0 Å². The molecule has 2 saturated carbocycles. The molecule has 4 rings (SSSR count). The molecule has 0 heterocycles. The fourth-order valence-corrected chi connectivity index (χ4v) is 6.53. The van der Waals surface area contributed by atoms with Crippen LogP contribution in [0.4, 0.5) is 0 Å². The van der Waals surface area contributed by atoms with Gasteiger partial charge in [-0.3, -0.25) is 0 Å². The lowest BCUT2D eigenvalue weighted by Gasteiger charge is -2.49. The van der Waals surface area contributed by atoms with Gasteiger partial charge in [0.1, 0.15) is 5.75 Å². The highest BCUT2D eigenvalue weighted by Crippen LogP contribution is 2.61. The van der Waals surface area contributed by atoms with E-state index in [4.69, 9.17) is 9.47 Å². The van der Waals surface area contributed by atoms with Crippen LogP contribution >= 0.6 is 11.8 Å². The minimum atomic E-state index is 0.332. The number of ether oxygens (including phenoxy) is 2. The zero-order chi connectivity index (χ0) is 16.7. The van der Waals surface area contributed by atoms with Gasteiger partial charge in [0, 0.05) is 12.0 Å². The molecule has 1 aromatic rings. The van der Waals surface area contributed by atoms with Gasteiger partial charge in [0.25, 0.3) is 0 Å². The number of hydrogen-bond acceptors (Lipinski definition) is 3. The van der Waals surface area contributed by atoms with Gasteiger partial charge in [0.2, 0.25) is 0 Å². The van der Waals surface area contributed by atoms with Crippen molar-refractivity contribution in [3.63, 3.8) is 0 Å². The summed E-state index contributed by atoms with van der Waals surface area (Å²) in [6.07, 6.45) is 12.0. The summed E-state index contributed by atoms with van der Waals surface area (Å²) in [4.78, 5) is 1.27. The zero-order valence-corrected chi connectivity index (χ0v) is 16.1. The van der Waals surface area contributed by atoms with E-state index in [0.717, 1.165) is 23.5 Å². The van der Waals surface area contributed by atoms with Gasteiger partial charge < -0.3 is 9.47 Å². The SMILES string of the molecule is COCOc1cc2c(cc1SC)C1CCC3(C)CCCC3C1CC2. The Hall–Kier alpha value is -0.670. The van der Waals surface area contributed by atoms with Crippen molar-refractivity contribution in [3.8, 4) is 5.75 Å². The highest BCUT2D eigenvalue weighted by atomic mass is 32.2. The Morgan fingerprint density at radius 1 is 1.21 bits per heavy atom. The lowest BCUT2D eigenvalue weighted by molar-refractivity contribution is 0.0481. The standard InChI is InChI=1S/C21H30O2S/c1-21-9-4-5-18(21)16-7-6-14-11-19(23-13-22-2)20(24-3)12-17(14)15(16)8-10-21/h11-12,15-16,18H,4-10,13H2,1-3H3. The summed E-state index contributed by atoms with van der Waals surface area (Å²) in [6, 6.07) is 4.75. The summed E-state index contributed by atoms with van der Waals surface area (Å²) >= 11 is 1.80. The van der Waals surface area contributed by atoms with Gasteiger partial charge in [-0.05, 0) is 91.2 Å². The molecule has 0 N–H and O–H groups in total. The first-order chi connectivity index (χ1) is 11.7. The quantitative estimate of drug-likeness (QED) is 0.519. The molecule has 0 radical (unpaired) electrons. The number of methoxy groups -OCH3 is 1. The second-order valence-electron chi connectivity index (χ2n) is 8.25. The first-order valence-corrected chi connectivity index (χ1v) is 10.7. The Kier molecular flexibility index (Phi) is 4.59. The minimum Gasteiger partial charge on any atom is -0.466 e. The van der Waals surface area contributed by atoms with E-state index in [1.54, 1.807) is 24.4 Å². The van der Waals surface area contributed by atoms with Crippen molar-refractivity contribution in [3.05, 3.63) is 23.3 Å². The summed E-state index contributed by atoms with van der Waals surface area (Å²) < 4.78 is 10.9. The number of thioether (sulfide) groups is 1. The van der Waals surface area contributed by atoms with Crippen LogP contribution in [0.2, 0.25) is 0 Å². The third-order valence-electron chi connectivity index (χ3n) is 7.12. The summed E-state index contributed by atoms with van der Waals surface area (Å²) in [5.74, 6) is 3.67. The highest BCUT2D eigenvalue weighted by molar-refractivity contribution is 7.98. The van der Waals surface area contributed by atoms with E-state index in [9.17, 15) is 0 Å². The van der Waals surface area contributed by atoms with Crippen molar-refractivity contribution >= 4 is 11.8 Å². The van der Waals surface area contributed by atoms with E-state index in [1.165, 1.54) is 55.4 Å². The van der Waals surface area contributed by atoms with Gasteiger partial charge in [-0.1, -0.05) is 13.3 Å². The molecule has 24 heavy (non-hydrogen) atoms. The maximum atomic E-state index is 5.82. The molecule has 4 atom stereocenters. The molecule has 3 aliphatic rings. The molecule has 0 aliphatic heterocycles. The molecule has 0 amide bonds. The minimum absolute atomic E-state index is 0.332. The van der Waals surface area contributed by atoms with Crippen LogP contribution in [-0.4, -0.2) is 20.2 Å². The van der Waals surface area contributed by atoms with Gasteiger partial charge in [0.05, 0.1) is 0 Å². The van der Waals surface area contributed by atoms with Gasteiger partial charge in [-0.15, -0.1) is 11.8 Å². The Balaban J connectivity index is 1.66. The number of hydrogen-bond donors (Lipinski definition) is 0. The third kappa shape index (κ3) is 2.68. The van der Waals surface area contributed by atoms with Crippen LogP contribution in [0.25, 0.3) is 0 Å². The number of rotatable bonds is 4. The van der Waals surface area contributed by atoms with Crippen molar-refractivity contribution in [1.29, 1.82) is 0 Å². The van der Waals surface area contributed by atoms with Crippen LogP contribution in [0.1, 0.15) is 62.5 Å². The van der Waals surface area contributed by atoms with Crippen LogP contribution in [-0.2, 0) is 11.2 Å². The average Bonchev–Trinajstić information content (AvgIpc) is 3.00. The monoisotopic (exact) mass is 346 g/mol. The normalized spacial score (nSPS) is 34.4. The van der Waals surface area contributed by atoms with E-state index in [0.29, 0.717) is 12.2 Å². The molecular weight excluding hydrogens is 316 g/mol. The van der Waals surface area contributed by atoms with Crippen LogP contribution in [0.15, 0.2) is 17.0 Å². The molecule has 1 aromatic carbocycles. The van der Waals surface area contributed by atoms with Crippen LogP contribution in [0, 0.1) is 17.3 Å². The first-order valence-electron chi connectivity index (χ1n) is 9.49. The average molecular weight is 347 g/mol. The predicted molar refractivity (Wildman–Crippen MR) is 100.0 cm³/mol. The van der Waals surface area contributed by atoms with Crippen LogP contribution < -0.4 is 4.74 Å². The topological polar surface area (TPSA) is 18.5 Å². The number of aryl methyl sites for hydroxylation is 1. The van der Waals surface area contributed by atoms with E-state index in [1.807, 2.05) is 0 Å². The molecule has 0 aromatic heterocycles. The molecule has 0 spiro atoms. The van der Waals surface area contributed by atoms with Crippen molar-refractivity contribution in [2.75, 3.05) is 20.2 Å². The summed E-state index contributed by atoms with van der Waals surface area (Å²) in [7, 11) is 1.68. The first kappa shape index (κ1) is 16.8. The third-order valence-corrected chi connectivity index (χ3v) is 7.88. The molecule has 0 bridgehead atoms. The molecule has 4 unspecified atom stereocenters. The van der Waals surface area contributed by atoms with Gasteiger partial charge >= 0.3 is 0 Å². The molecule has 0 saturated heterocycles. The van der Waals surface area contributed by atoms with Gasteiger partial charge in [-0.2, -0.15) is 0 Å². The Labute approximate surface area is 150 Å². The maximum Gasteiger partial charge on any atom is 0.188 e. The zero-order valence-electron chi connectivity index (χ0n) is 15.3. The fraction of sp³-hybridized carbons (Fsp3) is 0.714. The van der Waals surface area contributed by atoms with E-state index >= 15 is 0 Å². The van der Waals surface area contributed by atoms with Gasteiger partial charge in [-0.25, -0.2) is 0 Å². The van der Waals surface area contributed by atoms with Crippen LogP contribution in [0.3, 0.4) is 0 Å². The molecule has 132 valence electrons. The van der Waals surface area contributed by atoms with Crippen molar-refractivity contribution in [2.24, 2.45) is 17.3 Å². The lowest BCUT2D eigenvalue weighted by Crippen LogP contribution is -2.39. The fourth-order valence-electron chi connectivity index (χ4n) is 5.97. The summed E-state index contributed by atoms with van der Waals surface area (Å²) in [5, 5.41) is 0. The number of fused-ring (bicyclic) bond motifs is 5. The Morgan fingerprint density at radius 2 is 2.08 bits per heavy atom. The Bertz CT molecular complexity index is 614. The summed E-state index contributed by atoms with van der Waals surface area (Å²) in [5.41, 5.74) is 3.80. The second-order valence-corrected chi connectivity index (χ2v) is 9.10. The van der Waals surface area contributed by atoms with Crippen molar-refractivity contribution < 1.29 is 9.47 Å². The van der Waals surface area contributed by atoms with E-state index in [2.05, 4.69) is 25.3 Å². The lowest BCUT2D eigenvalue weighted by atomic mass is 9.56. The molecule has 3 aliphatic carbocycles.